The van der Waals surface area contributed by atoms with Crippen molar-refractivity contribution in [1.82, 2.24) is 4.72 Å². The van der Waals surface area contributed by atoms with E-state index in [9.17, 15) is 8.42 Å². The number of benzene rings is 1. The van der Waals surface area contributed by atoms with E-state index in [0.29, 0.717) is 0 Å². The Morgan fingerprint density at radius 2 is 2.14 bits per heavy atom. The average molecular weight is 326 g/mol. The number of hydrogen-bond donors (Lipinski definition) is 2. The lowest BCUT2D eigenvalue weighted by atomic mass is 10.1. The van der Waals surface area contributed by atoms with Crippen molar-refractivity contribution in [3.8, 4) is 11.8 Å². The minimum Gasteiger partial charge on any atom is -0.320 e. The van der Waals surface area contributed by atoms with Crippen molar-refractivity contribution in [1.29, 1.82) is 0 Å². The highest BCUT2D eigenvalue weighted by atomic mass is 32.2. The smallest absolute Gasteiger partial charge is 0.240 e. The summed E-state index contributed by atoms with van der Waals surface area (Å²) in [7, 11) is -3.49. The molecular weight excluding hydrogens is 304 g/mol. The summed E-state index contributed by atoms with van der Waals surface area (Å²) in [6.45, 7) is 4.10. The van der Waals surface area contributed by atoms with Gasteiger partial charge in [-0.1, -0.05) is 18.8 Å². The van der Waals surface area contributed by atoms with Gasteiger partial charge in [0.1, 0.15) is 0 Å². The van der Waals surface area contributed by atoms with Crippen LogP contribution in [0.5, 0.6) is 0 Å². The highest BCUT2D eigenvalue weighted by Gasteiger charge is 2.19. The maximum Gasteiger partial charge on any atom is 0.240 e. The topological polar surface area (TPSA) is 72.2 Å². The van der Waals surface area contributed by atoms with Crippen molar-refractivity contribution in [2.45, 2.75) is 31.2 Å². The summed E-state index contributed by atoms with van der Waals surface area (Å²) in [5.41, 5.74) is 6.97. The molecule has 1 unspecified atom stereocenters. The maximum atomic E-state index is 12.4. The van der Waals surface area contributed by atoms with Crippen LogP contribution in [-0.2, 0) is 10.0 Å². The number of aryl methyl sites for hydroxylation is 1. The van der Waals surface area contributed by atoms with Crippen molar-refractivity contribution in [3.05, 3.63) is 29.3 Å². The van der Waals surface area contributed by atoms with Crippen LogP contribution in [0.2, 0.25) is 0 Å². The lowest BCUT2D eigenvalue weighted by Crippen LogP contribution is -2.36. The van der Waals surface area contributed by atoms with Crippen molar-refractivity contribution in [2.24, 2.45) is 5.73 Å². The standard InChI is InChI=1S/C15H22N2O2S2/c1-4-14(11-20-3)17-21(18,19)15-8-7-13(6-5-9-16)12(2)10-15/h7-8,10,14,17H,4,9,11,16H2,1-3H3. The van der Waals surface area contributed by atoms with E-state index in [1.165, 1.54) is 0 Å². The first kappa shape index (κ1) is 18.1. The Hall–Kier alpha value is -1.00. The van der Waals surface area contributed by atoms with Crippen molar-refractivity contribution in [2.75, 3.05) is 18.6 Å². The molecule has 3 N–H and O–H groups in total. The van der Waals surface area contributed by atoms with Gasteiger partial charge in [0.05, 0.1) is 11.4 Å². The Kier molecular flexibility index (Phi) is 7.26. The SMILES string of the molecule is CCC(CSC)NS(=O)(=O)c1ccc(C#CCN)c(C)c1. The molecule has 1 rings (SSSR count). The molecule has 0 aromatic heterocycles. The van der Waals surface area contributed by atoms with Crippen LogP contribution in [0.15, 0.2) is 23.1 Å². The highest BCUT2D eigenvalue weighted by molar-refractivity contribution is 7.98. The van der Waals surface area contributed by atoms with Crippen LogP contribution in [0.1, 0.15) is 24.5 Å². The third-order valence-electron chi connectivity index (χ3n) is 3.02. The number of nitrogens with two attached hydrogens (primary N) is 1. The summed E-state index contributed by atoms with van der Waals surface area (Å²) in [6, 6.07) is 4.90. The highest BCUT2D eigenvalue weighted by Crippen LogP contribution is 2.16. The molecule has 0 aliphatic rings. The summed E-state index contributed by atoms with van der Waals surface area (Å²) in [6.07, 6.45) is 2.73. The van der Waals surface area contributed by atoms with Crippen LogP contribution in [0.3, 0.4) is 0 Å². The van der Waals surface area contributed by atoms with Gasteiger partial charge in [-0.2, -0.15) is 11.8 Å². The van der Waals surface area contributed by atoms with Gasteiger partial charge >= 0.3 is 0 Å². The van der Waals surface area contributed by atoms with E-state index in [1.54, 1.807) is 30.0 Å². The summed E-state index contributed by atoms with van der Waals surface area (Å²) < 4.78 is 27.5. The molecule has 0 fully saturated rings. The molecule has 1 atom stereocenters. The molecule has 0 aliphatic heterocycles. The number of hydrogen-bond acceptors (Lipinski definition) is 4. The van der Waals surface area contributed by atoms with Crippen molar-refractivity contribution < 1.29 is 8.42 Å². The van der Waals surface area contributed by atoms with Crippen LogP contribution in [0.4, 0.5) is 0 Å². The quantitative estimate of drug-likeness (QED) is 0.781. The zero-order valence-corrected chi connectivity index (χ0v) is 14.3. The molecule has 0 amide bonds. The van der Waals surface area contributed by atoms with Crippen LogP contribution >= 0.6 is 11.8 Å². The fraction of sp³-hybridized carbons (Fsp3) is 0.467. The Morgan fingerprint density at radius 3 is 2.67 bits per heavy atom. The van der Waals surface area contributed by atoms with Gasteiger partial charge in [0.15, 0.2) is 0 Å². The van der Waals surface area contributed by atoms with Gasteiger partial charge in [0.2, 0.25) is 10.0 Å². The van der Waals surface area contributed by atoms with Gasteiger partial charge < -0.3 is 5.73 Å². The first-order chi connectivity index (χ1) is 9.94. The molecule has 0 saturated heterocycles. The Labute approximate surface area is 131 Å². The Morgan fingerprint density at radius 1 is 1.43 bits per heavy atom. The van der Waals surface area contributed by atoms with Gasteiger partial charge in [-0.25, -0.2) is 13.1 Å². The molecule has 0 radical (unpaired) electrons. The van der Waals surface area contributed by atoms with Gasteiger partial charge in [0.25, 0.3) is 0 Å². The average Bonchev–Trinajstić information content (AvgIpc) is 2.45. The van der Waals surface area contributed by atoms with Crippen molar-refractivity contribution >= 4 is 21.8 Å². The lowest BCUT2D eigenvalue weighted by Gasteiger charge is -2.16. The molecule has 21 heavy (non-hydrogen) atoms. The van der Waals surface area contributed by atoms with Gasteiger partial charge in [-0.3, -0.25) is 0 Å². The first-order valence-corrected chi connectivity index (χ1v) is 9.63. The molecule has 0 saturated carbocycles. The zero-order chi connectivity index (χ0) is 15.9. The predicted octanol–water partition coefficient (Wildman–Crippen LogP) is 1.73. The van der Waals surface area contributed by atoms with E-state index in [2.05, 4.69) is 16.6 Å². The molecule has 0 spiro atoms. The summed E-state index contributed by atoms with van der Waals surface area (Å²) in [4.78, 5) is 0.276. The number of sulfonamides is 1. The zero-order valence-electron chi connectivity index (χ0n) is 12.6. The van der Waals surface area contributed by atoms with Gasteiger partial charge in [0, 0.05) is 17.4 Å². The van der Waals surface area contributed by atoms with E-state index < -0.39 is 10.0 Å². The third-order valence-corrected chi connectivity index (χ3v) is 5.27. The summed E-state index contributed by atoms with van der Waals surface area (Å²) in [5.74, 6) is 6.46. The molecule has 1 aromatic carbocycles. The molecule has 0 heterocycles. The summed E-state index contributed by atoms with van der Waals surface area (Å²) in [5, 5.41) is 0. The molecule has 6 heteroatoms. The fourth-order valence-corrected chi connectivity index (χ4v) is 4.04. The second kappa shape index (κ2) is 8.44. The molecular formula is C15H22N2O2S2. The third kappa shape index (κ3) is 5.36. The minimum absolute atomic E-state index is 0.0537. The van der Waals surface area contributed by atoms with Crippen LogP contribution in [0.25, 0.3) is 0 Å². The van der Waals surface area contributed by atoms with E-state index in [-0.39, 0.29) is 17.5 Å². The molecule has 4 nitrogen and oxygen atoms in total. The Balaban J connectivity index is 3.01. The first-order valence-electron chi connectivity index (χ1n) is 6.75. The van der Waals surface area contributed by atoms with Gasteiger partial charge in [-0.05, 0) is 43.4 Å². The fourth-order valence-electron chi connectivity index (χ4n) is 1.81. The predicted molar refractivity (Wildman–Crippen MR) is 89.9 cm³/mol. The van der Waals surface area contributed by atoms with Crippen LogP contribution in [0, 0.1) is 18.8 Å². The largest absolute Gasteiger partial charge is 0.320 e. The number of nitrogens with one attached hydrogen (secondary N) is 1. The van der Waals surface area contributed by atoms with E-state index in [0.717, 1.165) is 23.3 Å². The summed E-state index contributed by atoms with van der Waals surface area (Å²) >= 11 is 1.63. The maximum absolute atomic E-state index is 12.4. The molecule has 116 valence electrons. The number of thioether (sulfide) groups is 1. The second-order valence-electron chi connectivity index (χ2n) is 4.66. The van der Waals surface area contributed by atoms with E-state index >= 15 is 0 Å². The van der Waals surface area contributed by atoms with E-state index in [4.69, 9.17) is 5.73 Å². The van der Waals surface area contributed by atoms with Crippen molar-refractivity contribution in [3.63, 3.8) is 0 Å². The second-order valence-corrected chi connectivity index (χ2v) is 7.29. The lowest BCUT2D eigenvalue weighted by molar-refractivity contribution is 0.558. The monoisotopic (exact) mass is 326 g/mol. The van der Waals surface area contributed by atoms with E-state index in [1.807, 2.05) is 20.1 Å². The molecule has 0 aliphatic carbocycles. The van der Waals surface area contributed by atoms with Gasteiger partial charge in [-0.15, -0.1) is 0 Å². The van der Waals surface area contributed by atoms with Crippen LogP contribution in [-0.4, -0.2) is 33.0 Å². The minimum atomic E-state index is -3.49. The normalized spacial score (nSPS) is 12.6. The molecule has 1 aromatic rings. The Bertz CT molecular complexity index is 631. The number of rotatable bonds is 6. The van der Waals surface area contributed by atoms with Crippen LogP contribution < -0.4 is 10.5 Å². The molecule has 0 bridgehead atoms.